The molecular formula is C10H10N2O2. The van der Waals surface area contributed by atoms with Crippen molar-refractivity contribution < 1.29 is 9.59 Å². The molecule has 0 aliphatic rings. The van der Waals surface area contributed by atoms with Crippen LogP contribution in [0, 0.1) is 0 Å². The Morgan fingerprint density at radius 3 is 2.07 bits per heavy atom. The van der Waals surface area contributed by atoms with Crippen LogP contribution in [-0.2, 0) is 9.59 Å². The highest BCUT2D eigenvalue weighted by molar-refractivity contribution is 6.22. The normalized spacial score (nSPS) is 11.0. The van der Waals surface area contributed by atoms with E-state index in [9.17, 15) is 9.59 Å². The lowest BCUT2D eigenvalue weighted by molar-refractivity contribution is -0.115. The number of nitrogens with two attached hydrogens (primary N) is 2. The second-order valence-corrected chi connectivity index (χ2v) is 2.69. The van der Waals surface area contributed by atoms with Gasteiger partial charge in [-0.1, -0.05) is 30.3 Å². The van der Waals surface area contributed by atoms with Crippen LogP contribution in [0.4, 0.5) is 0 Å². The maximum Gasteiger partial charge on any atom is 0.249 e. The Hall–Kier alpha value is -2.10. The van der Waals surface area contributed by atoms with Crippen molar-refractivity contribution in [2.24, 2.45) is 11.5 Å². The molecule has 72 valence electrons. The van der Waals surface area contributed by atoms with Gasteiger partial charge in [0, 0.05) is 6.08 Å². The fourth-order valence-corrected chi connectivity index (χ4v) is 1.06. The second kappa shape index (κ2) is 4.23. The Bertz CT molecular complexity index is 382. The van der Waals surface area contributed by atoms with Crippen molar-refractivity contribution in [3.05, 3.63) is 42.0 Å². The number of hydrogen-bond acceptors (Lipinski definition) is 2. The van der Waals surface area contributed by atoms with E-state index >= 15 is 0 Å². The molecule has 0 unspecified atom stereocenters. The molecule has 0 saturated heterocycles. The first-order chi connectivity index (χ1) is 6.61. The molecule has 14 heavy (non-hydrogen) atoms. The number of hydrogen-bond donors (Lipinski definition) is 2. The first-order valence-corrected chi connectivity index (χ1v) is 3.97. The van der Waals surface area contributed by atoms with Gasteiger partial charge in [0.05, 0.1) is 5.57 Å². The summed E-state index contributed by atoms with van der Waals surface area (Å²) in [5, 5.41) is 0. The Morgan fingerprint density at radius 2 is 1.64 bits per heavy atom. The van der Waals surface area contributed by atoms with Gasteiger partial charge in [-0.25, -0.2) is 0 Å². The average molecular weight is 190 g/mol. The van der Waals surface area contributed by atoms with Crippen LogP contribution in [-0.4, -0.2) is 11.8 Å². The van der Waals surface area contributed by atoms with Crippen LogP contribution >= 0.6 is 0 Å². The van der Waals surface area contributed by atoms with Gasteiger partial charge in [0.2, 0.25) is 11.8 Å². The summed E-state index contributed by atoms with van der Waals surface area (Å²) >= 11 is 0. The van der Waals surface area contributed by atoms with Gasteiger partial charge in [-0.15, -0.1) is 0 Å². The summed E-state index contributed by atoms with van der Waals surface area (Å²) in [6, 6.07) is 8.64. The van der Waals surface area contributed by atoms with E-state index in [2.05, 4.69) is 0 Å². The van der Waals surface area contributed by atoms with Gasteiger partial charge < -0.3 is 11.5 Å². The maximum atomic E-state index is 11.0. The molecule has 0 fully saturated rings. The van der Waals surface area contributed by atoms with Crippen molar-refractivity contribution in [2.75, 3.05) is 0 Å². The Labute approximate surface area is 81.2 Å². The summed E-state index contributed by atoms with van der Waals surface area (Å²) in [5.74, 6) is -1.36. The minimum Gasteiger partial charge on any atom is -0.366 e. The van der Waals surface area contributed by atoms with Gasteiger partial charge in [-0.05, 0) is 5.56 Å². The predicted octanol–water partition coefficient (Wildman–Crippen LogP) is 0.0406. The number of benzene rings is 1. The summed E-state index contributed by atoms with van der Waals surface area (Å²) in [5.41, 5.74) is 10.8. The highest BCUT2D eigenvalue weighted by atomic mass is 16.1. The Kier molecular flexibility index (Phi) is 3.01. The molecule has 0 heterocycles. The molecule has 1 aromatic rings. The molecule has 0 aliphatic carbocycles. The standard InChI is InChI=1S/C10H10N2O2/c11-9(13)6-8(10(12)14)7-4-2-1-3-5-7/h1-6H,(H2,11,13)(H2,12,14)/b8-6+. The van der Waals surface area contributed by atoms with E-state index in [4.69, 9.17) is 11.5 Å². The van der Waals surface area contributed by atoms with Crippen LogP contribution in [0.2, 0.25) is 0 Å². The summed E-state index contributed by atoms with van der Waals surface area (Å²) in [4.78, 5) is 21.6. The van der Waals surface area contributed by atoms with E-state index in [-0.39, 0.29) is 5.57 Å². The largest absolute Gasteiger partial charge is 0.366 e. The van der Waals surface area contributed by atoms with E-state index in [0.717, 1.165) is 6.08 Å². The molecule has 4 heteroatoms. The minimum atomic E-state index is -0.692. The molecule has 2 amide bonds. The summed E-state index contributed by atoms with van der Waals surface area (Å²) in [6.45, 7) is 0. The van der Waals surface area contributed by atoms with Gasteiger partial charge in [0.25, 0.3) is 0 Å². The first-order valence-electron chi connectivity index (χ1n) is 3.97. The summed E-state index contributed by atoms with van der Waals surface area (Å²) in [7, 11) is 0. The molecular weight excluding hydrogens is 180 g/mol. The predicted molar refractivity (Wildman–Crippen MR) is 52.8 cm³/mol. The number of amides is 2. The third-order valence-corrected chi connectivity index (χ3v) is 1.64. The number of carbonyl (C=O) groups excluding carboxylic acids is 2. The molecule has 1 rings (SSSR count). The highest BCUT2D eigenvalue weighted by Gasteiger charge is 2.08. The second-order valence-electron chi connectivity index (χ2n) is 2.69. The molecule has 0 atom stereocenters. The lowest BCUT2D eigenvalue weighted by atomic mass is 10.1. The van der Waals surface area contributed by atoms with Crippen molar-refractivity contribution in [2.45, 2.75) is 0 Å². The van der Waals surface area contributed by atoms with Crippen molar-refractivity contribution in [3.63, 3.8) is 0 Å². The lowest BCUT2D eigenvalue weighted by Crippen LogP contribution is -2.16. The van der Waals surface area contributed by atoms with E-state index in [0.29, 0.717) is 5.56 Å². The van der Waals surface area contributed by atoms with Gasteiger partial charge in [0.15, 0.2) is 0 Å². The number of primary amides is 2. The van der Waals surface area contributed by atoms with Crippen molar-refractivity contribution in [1.82, 2.24) is 0 Å². The quantitative estimate of drug-likeness (QED) is 0.659. The van der Waals surface area contributed by atoms with Gasteiger partial charge >= 0.3 is 0 Å². The fourth-order valence-electron chi connectivity index (χ4n) is 1.06. The molecule has 0 radical (unpaired) electrons. The van der Waals surface area contributed by atoms with Crippen LogP contribution in [0.15, 0.2) is 36.4 Å². The van der Waals surface area contributed by atoms with Crippen LogP contribution < -0.4 is 11.5 Å². The Morgan fingerprint density at radius 1 is 1.07 bits per heavy atom. The maximum absolute atomic E-state index is 11.0. The SMILES string of the molecule is NC(=O)/C=C(/C(N)=O)c1ccccc1. The van der Waals surface area contributed by atoms with E-state index in [1.54, 1.807) is 30.3 Å². The third-order valence-electron chi connectivity index (χ3n) is 1.64. The van der Waals surface area contributed by atoms with E-state index in [1.165, 1.54) is 0 Å². The molecule has 1 aromatic carbocycles. The van der Waals surface area contributed by atoms with Gasteiger partial charge in [0.1, 0.15) is 0 Å². The number of rotatable bonds is 3. The monoisotopic (exact) mass is 190 g/mol. The first kappa shape index (κ1) is 9.98. The molecule has 0 spiro atoms. The molecule has 4 nitrogen and oxygen atoms in total. The van der Waals surface area contributed by atoms with E-state index < -0.39 is 11.8 Å². The van der Waals surface area contributed by atoms with E-state index in [1.807, 2.05) is 0 Å². The number of carbonyl (C=O) groups is 2. The summed E-state index contributed by atoms with van der Waals surface area (Å²) < 4.78 is 0. The molecule has 4 N–H and O–H groups in total. The van der Waals surface area contributed by atoms with Gasteiger partial charge in [-0.3, -0.25) is 9.59 Å². The van der Waals surface area contributed by atoms with Crippen LogP contribution in [0.25, 0.3) is 5.57 Å². The van der Waals surface area contributed by atoms with Crippen LogP contribution in [0.1, 0.15) is 5.56 Å². The van der Waals surface area contributed by atoms with Crippen LogP contribution in [0.3, 0.4) is 0 Å². The Balaban J connectivity index is 3.14. The fraction of sp³-hybridized carbons (Fsp3) is 0. The zero-order valence-electron chi connectivity index (χ0n) is 7.44. The van der Waals surface area contributed by atoms with Crippen molar-refractivity contribution >= 4 is 17.4 Å². The molecule has 0 aliphatic heterocycles. The zero-order chi connectivity index (χ0) is 10.6. The topological polar surface area (TPSA) is 86.2 Å². The molecule has 0 saturated carbocycles. The summed E-state index contributed by atoms with van der Waals surface area (Å²) in [6.07, 6.45) is 1.03. The minimum absolute atomic E-state index is 0.123. The average Bonchev–Trinajstić information content (AvgIpc) is 2.15. The van der Waals surface area contributed by atoms with Crippen molar-refractivity contribution in [3.8, 4) is 0 Å². The zero-order valence-corrected chi connectivity index (χ0v) is 7.44. The lowest BCUT2D eigenvalue weighted by Gasteiger charge is -2.01. The molecule has 0 aromatic heterocycles. The molecule has 0 bridgehead atoms. The van der Waals surface area contributed by atoms with Crippen molar-refractivity contribution in [1.29, 1.82) is 0 Å². The smallest absolute Gasteiger partial charge is 0.249 e. The highest BCUT2D eigenvalue weighted by Crippen LogP contribution is 2.12. The van der Waals surface area contributed by atoms with Gasteiger partial charge in [-0.2, -0.15) is 0 Å². The van der Waals surface area contributed by atoms with Crippen LogP contribution in [0.5, 0.6) is 0 Å². The third kappa shape index (κ3) is 2.45.